The molecule has 3 nitrogen and oxygen atoms in total. The van der Waals surface area contributed by atoms with Gasteiger partial charge < -0.3 is 0 Å². The van der Waals surface area contributed by atoms with Crippen LogP contribution in [0.1, 0.15) is 46.5 Å². The lowest BCUT2D eigenvalue weighted by Crippen LogP contribution is -2.26. The summed E-state index contributed by atoms with van der Waals surface area (Å²) in [5.41, 5.74) is 3.65. The second kappa shape index (κ2) is 6.52. The number of nitrogens with zero attached hydrogens (tertiary/aromatic N) is 1. The molecule has 0 fully saturated rings. The first-order chi connectivity index (χ1) is 11.5. The lowest BCUT2D eigenvalue weighted by molar-refractivity contribution is 0.0882. The van der Waals surface area contributed by atoms with Gasteiger partial charge in [-0.1, -0.05) is 55.8 Å². The van der Waals surface area contributed by atoms with Crippen LogP contribution in [0.2, 0.25) is 0 Å². The van der Waals surface area contributed by atoms with Crippen molar-refractivity contribution in [3.63, 3.8) is 0 Å². The van der Waals surface area contributed by atoms with Crippen LogP contribution in [-0.2, 0) is 0 Å². The molecule has 0 saturated heterocycles. The summed E-state index contributed by atoms with van der Waals surface area (Å²) in [5, 5.41) is 0. The second-order valence-electron chi connectivity index (χ2n) is 6.74. The molecule has 0 spiro atoms. The Morgan fingerprint density at radius 1 is 0.958 bits per heavy atom. The molecule has 122 valence electrons. The van der Waals surface area contributed by atoms with Crippen LogP contribution in [0.15, 0.2) is 53.5 Å². The molecule has 0 saturated carbocycles. The summed E-state index contributed by atoms with van der Waals surface area (Å²) in [6.45, 7) is 6.16. The molecule has 0 N–H and O–H groups in total. The van der Waals surface area contributed by atoms with Gasteiger partial charge in [0, 0.05) is 16.8 Å². The number of ketones is 2. The molecule has 0 radical (unpaired) electrons. The first-order valence-electron chi connectivity index (χ1n) is 8.29. The minimum atomic E-state index is -0.772. The quantitative estimate of drug-likeness (QED) is 0.600. The highest BCUT2D eigenvalue weighted by atomic mass is 16.2. The van der Waals surface area contributed by atoms with Gasteiger partial charge in [0.25, 0.3) is 0 Å². The average Bonchev–Trinajstić information content (AvgIpc) is 2.80. The van der Waals surface area contributed by atoms with Crippen molar-refractivity contribution >= 4 is 23.0 Å². The minimum absolute atomic E-state index is 0.123. The van der Waals surface area contributed by atoms with Gasteiger partial charge in [-0.3, -0.25) is 14.6 Å². The van der Waals surface area contributed by atoms with Gasteiger partial charge in [0.15, 0.2) is 11.6 Å². The standard InChI is InChI=1S/C21H21NO2/c1-13(2)12-18(22-15-10-8-14(3)9-11-15)19-20(23)16-6-4-5-7-17(16)21(19)24/h4-11,13,19H,12H2,1-3H3. The van der Waals surface area contributed by atoms with Crippen LogP contribution in [0.25, 0.3) is 0 Å². The van der Waals surface area contributed by atoms with Crippen LogP contribution in [-0.4, -0.2) is 17.3 Å². The largest absolute Gasteiger partial charge is 0.293 e. The van der Waals surface area contributed by atoms with Crippen molar-refractivity contribution in [2.24, 2.45) is 16.8 Å². The molecule has 1 aliphatic rings. The number of Topliss-reactive ketones (excluding diaryl/α,β-unsaturated/α-hetero) is 2. The summed E-state index contributed by atoms with van der Waals surface area (Å²) in [6.07, 6.45) is 0.629. The van der Waals surface area contributed by atoms with Crippen molar-refractivity contribution in [1.29, 1.82) is 0 Å². The molecule has 3 heteroatoms. The van der Waals surface area contributed by atoms with Crippen LogP contribution >= 0.6 is 0 Å². The zero-order chi connectivity index (χ0) is 17.3. The lowest BCUT2D eigenvalue weighted by Gasteiger charge is -2.14. The third-order valence-electron chi connectivity index (χ3n) is 4.24. The molecule has 2 aromatic carbocycles. The Labute approximate surface area is 142 Å². The van der Waals surface area contributed by atoms with E-state index >= 15 is 0 Å². The van der Waals surface area contributed by atoms with Gasteiger partial charge in [-0.2, -0.15) is 0 Å². The molecule has 24 heavy (non-hydrogen) atoms. The normalized spacial score (nSPS) is 15.2. The van der Waals surface area contributed by atoms with Crippen LogP contribution < -0.4 is 0 Å². The number of benzene rings is 2. The molecular formula is C21H21NO2. The van der Waals surface area contributed by atoms with E-state index in [1.54, 1.807) is 24.3 Å². The van der Waals surface area contributed by atoms with E-state index in [1.165, 1.54) is 0 Å². The van der Waals surface area contributed by atoms with Crippen molar-refractivity contribution in [3.05, 3.63) is 65.2 Å². The Morgan fingerprint density at radius 2 is 1.50 bits per heavy atom. The van der Waals surface area contributed by atoms with E-state index in [4.69, 9.17) is 0 Å². The molecule has 0 amide bonds. The lowest BCUT2D eigenvalue weighted by atomic mass is 9.91. The Hall–Kier alpha value is -2.55. The van der Waals surface area contributed by atoms with E-state index in [0.29, 0.717) is 29.2 Å². The Bertz CT molecular complexity index is 781. The second-order valence-corrected chi connectivity index (χ2v) is 6.74. The Morgan fingerprint density at radius 3 is 2.00 bits per heavy atom. The summed E-state index contributed by atoms with van der Waals surface area (Å²) in [4.78, 5) is 30.2. The van der Waals surface area contributed by atoms with Gasteiger partial charge in [-0.25, -0.2) is 0 Å². The monoisotopic (exact) mass is 319 g/mol. The van der Waals surface area contributed by atoms with Crippen LogP contribution in [0.3, 0.4) is 0 Å². The van der Waals surface area contributed by atoms with E-state index in [9.17, 15) is 9.59 Å². The van der Waals surface area contributed by atoms with Crippen molar-refractivity contribution in [1.82, 2.24) is 0 Å². The van der Waals surface area contributed by atoms with Crippen molar-refractivity contribution in [2.45, 2.75) is 27.2 Å². The molecule has 2 aromatic rings. The van der Waals surface area contributed by atoms with E-state index in [1.807, 2.05) is 31.2 Å². The first kappa shape index (κ1) is 16.3. The maximum absolute atomic E-state index is 12.8. The van der Waals surface area contributed by atoms with E-state index in [0.717, 1.165) is 11.3 Å². The zero-order valence-corrected chi connectivity index (χ0v) is 14.2. The van der Waals surface area contributed by atoms with Gasteiger partial charge >= 0.3 is 0 Å². The van der Waals surface area contributed by atoms with Crippen molar-refractivity contribution in [3.8, 4) is 0 Å². The molecule has 0 aliphatic heterocycles. The summed E-state index contributed by atoms with van der Waals surface area (Å²) >= 11 is 0. The number of aryl methyl sites for hydroxylation is 1. The molecule has 3 rings (SSSR count). The van der Waals surface area contributed by atoms with E-state index in [-0.39, 0.29) is 11.6 Å². The number of carbonyl (C=O) groups is 2. The molecular weight excluding hydrogens is 298 g/mol. The summed E-state index contributed by atoms with van der Waals surface area (Å²) < 4.78 is 0. The molecule has 0 atom stereocenters. The van der Waals surface area contributed by atoms with Gasteiger partial charge in [0.2, 0.25) is 0 Å². The van der Waals surface area contributed by atoms with Gasteiger partial charge in [-0.15, -0.1) is 0 Å². The van der Waals surface area contributed by atoms with Gasteiger partial charge in [0.05, 0.1) is 5.69 Å². The zero-order valence-electron chi connectivity index (χ0n) is 14.2. The summed E-state index contributed by atoms with van der Waals surface area (Å²) in [5.74, 6) is -0.700. The molecule has 0 aromatic heterocycles. The van der Waals surface area contributed by atoms with Crippen molar-refractivity contribution < 1.29 is 9.59 Å². The topological polar surface area (TPSA) is 46.5 Å². The van der Waals surface area contributed by atoms with Crippen LogP contribution in [0.5, 0.6) is 0 Å². The highest BCUT2D eigenvalue weighted by molar-refractivity contribution is 6.36. The number of hydrogen-bond acceptors (Lipinski definition) is 3. The first-order valence-corrected chi connectivity index (χ1v) is 8.29. The fourth-order valence-corrected chi connectivity index (χ4v) is 3.08. The Balaban J connectivity index is 2.03. The molecule has 0 unspecified atom stereocenters. The smallest absolute Gasteiger partial charge is 0.180 e. The predicted octanol–water partition coefficient (Wildman–Crippen LogP) is 4.81. The Kier molecular flexibility index (Phi) is 4.43. The molecule has 1 aliphatic carbocycles. The summed E-state index contributed by atoms with van der Waals surface area (Å²) in [7, 11) is 0. The minimum Gasteiger partial charge on any atom is -0.293 e. The van der Waals surface area contributed by atoms with Crippen LogP contribution in [0, 0.1) is 18.8 Å². The van der Waals surface area contributed by atoms with E-state index < -0.39 is 5.92 Å². The SMILES string of the molecule is Cc1ccc(N=C(CC(C)C)C2C(=O)c3ccccc3C2=O)cc1. The third kappa shape index (κ3) is 3.07. The van der Waals surface area contributed by atoms with Gasteiger partial charge in [0.1, 0.15) is 5.92 Å². The van der Waals surface area contributed by atoms with Gasteiger partial charge in [-0.05, 0) is 31.4 Å². The molecule has 0 bridgehead atoms. The fraction of sp³-hybridized carbons (Fsp3) is 0.286. The summed E-state index contributed by atoms with van der Waals surface area (Å²) in [6, 6.07) is 14.9. The van der Waals surface area contributed by atoms with Crippen LogP contribution in [0.4, 0.5) is 5.69 Å². The van der Waals surface area contributed by atoms with E-state index in [2.05, 4.69) is 18.8 Å². The highest BCUT2D eigenvalue weighted by Crippen LogP contribution is 2.30. The molecule has 0 heterocycles. The maximum Gasteiger partial charge on any atom is 0.180 e. The average molecular weight is 319 g/mol. The fourth-order valence-electron chi connectivity index (χ4n) is 3.08. The number of fused-ring (bicyclic) bond motifs is 1. The predicted molar refractivity (Wildman–Crippen MR) is 96.3 cm³/mol. The number of hydrogen-bond donors (Lipinski definition) is 0. The third-order valence-corrected chi connectivity index (χ3v) is 4.24. The highest BCUT2D eigenvalue weighted by Gasteiger charge is 2.41. The number of aliphatic imine (C=N–C) groups is 1. The number of rotatable bonds is 4. The number of carbonyl (C=O) groups excluding carboxylic acids is 2. The van der Waals surface area contributed by atoms with Crippen molar-refractivity contribution in [2.75, 3.05) is 0 Å². The maximum atomic E-state index is 12.8.